The van der Waals surface area contributed by atoms with E-state index in [0.717, 1.165) is 19.3 Å². The molecule has 1 heterocycles. The van der Waals surface area contributed by atoms with Gasteiger partial charge in [0.25, 0.3) is 0 Å². The van der Waals surface area contributed by atoms with Crippen molar-refractivity contribution in [2.45, 2.75) is 38.4 Å². The minimum Gasteiger partial charge on any atom is -0.427 e. The molecule has 0 amide bonds. The highest BCUT2D eigenvalue weighted by atomic mass is 16.8. The number of cyclic esters (lactones) is 2. The Morgan fingerprint density at radius 2 is 2.08 bits per heavy atom. The van der Waals surface area contributed by atoms with Crippen molar-refractivity contribution in [2.75, 3.05) is 13.7 Å². The summed E-state index contributed by atoms with van der Waals surface area (Å²) in [5, 5.41) is 0. The summed E-state index contributed by atoms with van der Waals surface area (Å²) in [5.74, 6) is 0. The first-order valence-corrected chi connectivity index (χ1v) is 4.64. The van der Waals surface area contributed by atoms with Gasteiger partial charge < -0.3 is 14.2 Å². The molecule has 2 atom stereocenters. The number of hydrogen-bond acceptors (Lipinski definition) is 4. The van der Waals surface area contributed by atoms with Crippen molar-refractivity contribution in [3.05, 3.63) is 0 Å². The molecule has 0 aromatic heterocycles. The molecule has 0 aliphatic carbocycles. The van der Waals surface area contributed by atoms with Gasteiger partial charge in [0.15, 0.2) is 6.10 Å². The van der Waals surface area contributed by atoms with E-state index in [-0.39, 0.29) is 12.2 Å². The molecular formula is C9H16O4. The Hall–Kier alpha value is -0.770. The monoisotopic (exact) mass is 188 g/mol. The Balaban J connectivity index is 2.36. The molecular weight excluding hydrogens is 172 g/mol. The molecule has 4 heteroatoms. The molecule has 0 radical (unpaired) electrons. The number of ether oxygens (including phenoxy) is 3. The molecule has 4 nitrogen and oxygen atoms in total. The molecule has 1 aliphatic heterocycles. The highest BCUT2D eigenvalue weighted by Crippen LogP contribution is 2.20. The van der Waals surface area contributed by atoms with Crippen molar-refractivity contribution < 1.29 is 19.0 Å². The van der Waals surface area contributed by atoms with Gasteiger partial charge in [0, 0.05) is 7.11 Å². The lowest BCUT2D eigenvalue weighted by Crippen LogP contribution is -2.27. The van der Waals surface area contributed by atoms with Gasteiger partial charge in [-0.3, -0.25) is 0 Å². The Morgan fingerprint density at radius 3 is 2.69 bits per heavy atom. The molecule has 0 aromatic carbocycles. The Bertz CT molecular complexity index is 169. The summed E-state index contributed by atoms with van der Waals surface area (Å²) < 4.78 is 14.8. The smallest absolute Gasteiger partial charge is 0.427 e. The summed E-state index contributed by atoms with van der Waals surface area (Å²) >= 11 is 0. The molecule has 1 saturated heterocycles. The van der Waals surface area contributed by atoms with Gasteiger partial charge in [0.05, 0.1) is 6.61 Å². The van der Waals surface area contributed by atoms with Gasteiger partial charge in [-0.1, -0.05) is 13.3 Å². The maximum absolute atomic E-state index is 10.8. The maximum atomic E-state index is 10.8. The van der Waals surface area contributed by atoms with Gasteiger partial charge in [-0.2, -0.15) is 0 Å². The van der Waals surface area contributed by atoms with Crippen molar-refractivity contribution in [1.82, 2.24) is 0 Å². The third-order valence-electron chi connectivity index (χ3n) is 2.08. The second-order valence-corrected chi connectivity index (χ2v) is 3.16. The molecule has 0 N–H and O–H groups in total. The minimum absolute atomic E-state index is 0.118. The zero-order chi connectivity index (χ0) is 9.68. The van der Waals surface area contributed by atoms with E-state index >= 15 is 0 Å². The van der Waals surface area contributed by atoms with E-state index in [9.17, 15) is 4.79 Å². The van der Waals surface area contributed by atoms with E-state index in [1.165, 1.54) is 0 Å². The Labute approximate surface area is 78.2 Å². The summed E-state index contributed by atoms with van der Waals surface area (Å²) in [6, 6.07) is 0. The average molecular weight is 188 g/mol. The summed E-state index contributed by atoms with van der Waals surface area (Å²) in [4.78, 5) is 10.8. The van der Waals surface area contributed by atoms with Gasteiger partial charge in [-0.25, -0.2) is 4.79 Å². The van der Waals surface area contributed by atoms with E-state index < -0.39 is 6.16 Å². The number of carbonyl (C=O) groups excluding carboxylic acids is 1. The van der Waals surface area contributed by atoms with Gasteiger partial charge in [0.1, 0.15) is 6.10 Å². The fourth-order valence-electron chi connectivity index (χ4n) is 1.38. The Morgan fingerprint density at radius 1 is 1.38 bits per heavy atom. The third-order valence-corrected chi connectivity index (χ3v) is 2.08. The van der Waals surface area contributed by atoms with Crippen LogP contribution in [0, 0.1) is 0 Å². The van der Waals surface area contributed by atoms with Crippen LogP contribution in [0.15, 0.2) is 0 Å². The Kier molecular flexibility index (Phi) is 4.02. The van der Waals surface area contributed by atoms with Crippen LogP contribution >= 0.6 is 0 Å². The topological polar surface area (TPSA) is 44.8 Å². The number of methoxy groups -OCH3 is 1. The molecule has 0 spiro atoms. The fraction of sp³-hybridized carbons (Fsp3) is 0.889. The van der Waals surface area contributed by atoms with Crippen LogP contribution in [-0.4, -0.2) is 32.1 Å². The van der Waals surface area contributed by atoms with Crippen molar-refractivity contribution >= 4 is 6.16 Å². The third kappa shape index (κ3) is 2.88. The predicted molar refractivity (Wildman–Crippen MR) is 46.5 cm³/mol. The molecule has 13 heavy (non-hydrogen) atoms. The second-order valence-electron chi connectivity index (χ2n) is 3.16. The quantitative estimate of drug-likeness (QED) is 0.616. The normalized spacial score (nSPS) is 27.1. The van der Waals surface area contributed by atoms with E-state index in [4.69, 9.17) is 14.2 Å². The molecule has 0 saturated carbocycles. The highest BCUT2D eigenvalue weighted by Gasteiger charge is 2.35. The molecule has 1 aliphatic rings. The van der Waals surface area contributed by atoms with Crippen LogP contribution in [0.4, 0.5) is 4.79 Å². The van der Waals surface area contributed by atoms with E-state index in [2.05, 4.69) is 6.92 Å². The number of unbranched alkanes of at least 4 members (excludes halogenated alkanes) is 1. The molecule has 1 rings (SSSR count). The molecule has 0 bridgehead atoms. The van der Waals surface area contributed by atoms with Crippen LogP contribution in [0.5, 0.6) is 0 Å². The first kappa shape index (κ1) is 10.3. The molecule has 1 fully saturated rings. The first-order chi connectivity index (χ1) is 6.27. The zero-order valence-electron chi connectivity index (χ0n) is 8.12. The summed E-state index contributed by atoms with van der Waals surface area (Å²) in [6.07, 6.45) is 2.09. The largest absolute Gasteiger partial charge is 0.509 e. The highest BCUT2D eigenvalue weighted by molar-refractivity contribution is 5.62. The molecule has 76 valence electrons. The summed E-state index contributed by atoms with van der Waals surface area (Å²) in [5.41, 5.74) is 0. The van der Waals surface area contributed by atoms with Crippen LogP contribution in [0.1, 0.15) is 26.2 Å². The van der Waals surface area contributed by atoms with Crippen LogP contribution in [0.3, 0.4) is 0 Å². The summed E-state index contributed by atoms with van der Waals surface area (Å²) in [7, 11) is 1.59. The zero-order valence-corrected chi connectivity index (χ0v) is 8.12. The lowest BCUT2D eigenvalue weighted by molar-refractivity contribution is 0.0532. The molecule has 0 aromatic rings. The van der Waals surface area contributed by atoms with E-state index in [0.29, 0.717) is 6.61 Å². The maximum Gasteiger partial charge on any atom is 0.509 e. The predicted octanol–water partition coefficient (Wildman–Crippen LogP) is 1.73. The van der Waals surface area contributed by atoms with Crippen molar-refractivity contribution in [1.29, 1.82) is 0 Å². The van der Waals surface area contributed by atoms with Gasteiger partial charge >= 0.3 is 6.16 Å². The van der Waals surface area contributed by atoms with Crippen LogP contribution in [0.25, 0.3) is 0 Å². The van der Waals surface area contributed by atoms with Crippen molar-refractivity contribution in [3.8, 4) is 0 Å². The van der Waals surface area contributed by atoms with E-state index in [1.54, 1.807) is 7.11 Å². The van der Waals surface area contributed by atoms with Crippen LogP contribution < -0.4 is 0 Å². The SMILES string of the molecule is CCCCC1OC(=O)OC1COC. The van der Waals surface area contributed by atoms with Gasteiger partial charge in [-0.05, 0) is 12.8 Å². The minimum atomic E-state index is -0.567. The summed E-state index contributed by atoms with van der Waals surface area (Å²) in [6.45, 7) is 2.52. The van der Waals surface area contributed by atoms with Crippen LogP contribution in [0.2, 0.25) is 0 Å². The van der Waals surface area contributed by atoms with E-state index in [1.807, 2.05) is 0 Å². The first-order valence-electron chi connectivity index (χ1n) is 4.64. The van der Waals surface area contributed by atoms with Crippen LogP contribution in [-0.2, 0) is 14.2 Å². The second kappa shape index (κ2) is 5.07. The number of carbonyl (C=O) groups is 1. The lowest BCUT2D eigenvalue weighted by Gasteiger charge is -2.13. The standard InChI is InChI=1S/C9H16O4/c1-3-4-5-7-8(6-11-2)13-9(10)12-7/h7-8H,3-6H2,1-2H3. The van der Waals surface area contributed by atoms with Gasteiger partial charge in [-0.15, -0.1) is 0 Å². The van der Waals surface area contributed by atoms with Gasteiger partial charge in [0.2, 0.25) is 0 Å². The fourth-order valence-corrected chi connectivity index (χ4v) is 1.38. The van der Waals surface area contributed by atoms with Crippen molar-refractivity contribution in [3.63, 3.8) is 0 Å². The number of hydrogen-bond donors (Lipinski definition) is 0. The molecule has 2 unspecified atom stereocenters. The average Bonchev–Trinajstić information content (AvgIpc) is 2.44. The number of rotatable bonds is 5. The lowest BCUT2D eigenvalue weighted by atomic mass is 10.1. The van der Waals surface area contributed by atoms with Crippen molar-refractivity contribution in [2.24, 2.45) is 0 Å².